The number of hydrogen-bond acceptors (Lipinski definition) is 4. The van der Waals surface area contributed by atoms with Crippen molar-refractivity contribution in [2.45, 2.75) is 28.6 Å². The standard InChI is InChI=1S/C19H14O2S2/c20-14-10-13(12-6-2-1-3-7-12)11-15(21)18(14)19-22-16-8-4-5-9-17(16)23-19/h1-9,13H,10-11H2. The van der Waals surface area contributed by atoms with Gasteiger partial charge in [-0.25, -0.2) is 0 Å². The van der Waals surface area contributed by atoms with E-state index in [4.69, 9.17) is 0 Å². The molecule has 0 aromatic heterocycles. The van der Waals surface area contributed by atoms with Crippen LogP contribution in [0.15, 0.2) is 74.2 Å². The van der Waals surface area contributed by atoms with Crippen LogP contribution in [-0.4, -0.2) is 11.6 Å². The number of Topliss-reactive ketones (excluding diaryl/α,β-unsaturated/α-hetero) is 2. The molecule has 4 rings (SSSR count). The Bertz CT molecular complexity index is 777. The van der Waals surface area contributed by atoms with Crippen LogP contribution >= 0.6 is 23.5 Å². The number of carbonyl (C=O) groups excluding carboxylic acids is 2. The maximum absolute atomic E-state index is 12.6. The molecule has 0 atom stereocenters. The minimum Gasteiger partial charge on any atom is -0.294 e. The van der Waals surface area contributed by atoms with Gasteiger partial charge in [0.05, 0.1) is 9.81 Å². The second-order valence-electron chi connectivity index (χ2n) is 5.68. The maximum atomic E-state index is 12.6. The smallest absolute Gasteiger partial charge is 0.168 e. The van der Waals surface area contributed by atoms with Gasteiger partial charge in [-0.05, 0) is 23.6 Å². The molecule has 0 radical (unpaired) electrons. The van der Waals surface area contributed by atoms with E-state index in [0.717, 1.165) is 19.6 Å². The highest BCUT2D eigenvalue weighted by Crippen LogP contribution is 2.53. The predicted molar refractivity (Wildman–Crippen MR) is 93.6 cm³/mol. The van der Waals surface area contributed by atoms with E-state index in [0.29, 0.717) is 18.4 Å². The summed E-state index contributed by atoms with van der Waals surface area (Å²) in [5.41, 5.74) is 1.50. The zero-order valence-electron chi connectivity index (χ0n) is 12.3. The summed E-state index contributed by atoms with van der Waals surface area (Å²) in [6, 6.07) is 17.9. The third-order valence-electron chi connectivity index (χ3n) is 4.15. The van der Waals surface area contributed by atoms with Gasteiger partial charge in [0.2, 0.25) is 0 Å². The molecule has 1 aliphatic carbocycles. The molecule has 1 fully saturated rings. The van der Waals surface area contributed by atoms with Gasteiger partial charge in [-0.1, -0.05) is 66.0 Å². The Labute approximate surface area is 143 Å². The van der Waals surface area contributed by atoms with E-state index in [-0.39, 0.29) is 17.5 Å². The predicted octanol–water partition coefficient (Wildman–Crippen LogP) is 4.81. The van der Waals surface area contributed by atoms with Gasteiger partial charge in [0, 0.05) is 22.6 Å². The molecule has 0 spiro atoms. The minimum atomic E-state index is -0.0158. The maximum Gasteiger partial charge on any atom is 0.168 e. The van der Waals surface area contributed by atoms with E-state index in [9.17, 15) is 9.59 Å². The molecule has 114 valence electrons. The summed E-state index contributed by atoms with van der Waals surface area (Å²) in [5, 5.41) is 0. The van der Waals surface area contributed by atoms with Gasteiger partial charge in [-0.15, -0.1) is 0 Å². The largest absolute Gasteiger partial charge is 0.294 e. The Morgan fingerprint density at radius 2 is 1.26 bits per heavy atom. The zero-order chi connectivity index (χ0) is 15.8. The molecule has 0 unspecified atom stereocenters. The monoisotopic (exact) mass is 338 g/mol. The topological polar surface area (TPSA) is 34.1 Å². The van der Waals surface area contributed by atoms with Crippen molar-refractivity contribution >= 4 is 35.1 Å². The Balaban J connectivity index is 1.63. The number of thioether (sulfide) groups is 2. The first-order valence-corrected chi connectivity index (χ1v) is 9.16. The van der Waals surface area contributed by atoms with Crippen molar-refractivity contribution in [3.05, 3.63) is 70.0 Å². The third-order valence-corrected chi connectivity index (χ3v) is 6.71. The van der Waals surface area contributed by atoms with E-state index in [1.807, 2.05) is 54.6 Å². The van der Waals surface area contributed by atoms with E-state index in [1.165, 1.54) is 0 Å². The fourth-order valence-electron chi connectivity index (χ4n) is 3.01. The van der Waals surface area contributed by atoms with Crippen LogP contribution in [0.3, 0.4) is 0 Å². The first kappa shape index (κ1) is 14.8. The third kappa shape index (κ3) is 2.77. The normalized spacial score (nSPS) is 20.8. The molecule has 0 amide bonds. The summed E-state index contributed by atoms with van der Waals surface area (Å²) in [7, 11) is 0. The highest BCUT2D eigenvalue weighted by molar-refractivity contribution is 8.24. The van der Waals surface area contributed by atoms with Gasteiger partial charge < -0.3 is 0 Å². The van der Waals surface area contributed by atoms with Crippen LogP contribution in [0.25, 0.3) is 0 Å². The summed E-state index contributed by atoms with van der Waals surface area (Å²) < 4.78 is 0.854. The molecule has 0 bridgehead atoms. The SMILES string of the molecule is O=C1CC(c2ccccc2)CC(=O)C1=C1Sc2ccccc2S1. The van der Waals surface area contributed by atoms with Crippen molar-refractivity contribution < 1.29 is 9.59 Å². The lowest BCUT2D eigenvalue weighted by Crippen LogP contribution is -2.25. The number of fused-ring (bicyclic) bond motifs is 1. The lowest BCUT2D eigenvalue weighted by molar-refractivity contribution is -0.124. The van der Waals surface area contributed by atoms with Crippen molar-refractivity contribution in [1.29, 1.82) is 0 Å². The van der Waals surface area contributed by atoms with Crippen LogP contribution in [0.1, 0.15) is 24.3 Å². The summed E-state index contributed by atoms with van der Waals surface area (Å²) in [5.74, 6) is -0.0184. The summed E-state index contributed by atoms with van der Waals surface area (Å²) in [6.07, 6.45) is 0.845. The Kier molecular flexibility index (Phi) is 3.87. The molecule has 2 aromatic carbocycles. The first-order chi connectivity index (χ1) is 11.2. The van der Waals surface area contributed by atoms with E-state index >= 15 is 0 Å². The highest BCUT2D eigenvalue weighted by Gasteiger charge is 2.35. The number of rotatable bonds is 1. The van der Waals surface area contributed by atoms with E-state index < -0.39 is 0 Å². The number of allylic oxidation sites excluding steroid dienone is 1. The van der Waals surface area contributed by atoms with Gasteiger partial charge in [0.15, 0.2) is 11.6 Å². The highest BCUT2D eigenvalue weighted by atomic mass is 32.2. The van der Waals surface area contributed by atoms with Crippen molar-refractivity contribution in [2.75, 3.05) is 0 Å². The lowest BCUT2D eigenvalue weighted by atomic mass is 9.80. The first-order valence-electron chi connectivity index (χ1n) is 7.53. The summed E-state index contributed by atoms with van der Waals surface area (Å²) in [6.45, 7) is 0. The van der Waals surface area contributed by atoms with Gasteiger partial charge in [-0.2, -0.15) is 0 Å². The Hall–Kier alpha value is -1.78. The van der Waals surface area contributed by atoms with Crippen LogP contribution < -0.4 is 0 Å². The van der Waals surface area contributed by atoms with Crippen LogP contribution in [0.2, 0.25) is 0 Å². The number of ketones is 2. The molecule has 0 N–H and O–H groups in total. The molecule has 2 aliphatic rings. The number of benzene rings is 2. The number of hydrogen-bond donors (Lipinski definition) is 0. The van der Waals surface area contributed by atoms with Crippen LogP contribution in [0.4, 0.5) is 0 Å². The molecular weight excluding hydrogens is 324 g/mol. The average molecular weight is 338 g/mol. The number of carbonyl (C=O) groups is 2. The van der Waals surface area contributed by atoms with Crippen molar-refractivity contribution in [1.82, 2.24) is 0 Å². The molecular formula is C19H14O2S2. The molecule has 4 heteroatoms. The second kappa shape index (κ2) is 6.02. The minimum absolute atomic E-state index is 0.0133. The fraction of sp³-hybridized carbons (Fsp3) is 0.158. The Morgan fingerprint density at radius 3 is 1.83 bits per heavy atom. The van der Waals surface area contributed by atoms with E-state index in [1.54, 1.807) is 23.5 Å². The summed E-state index contributed by atoms with van der Waals surface area (Å²) in [4.78, 5) is 27.5. The molecule has 1 heterocycles. The van der Waals surface area contributed by atoms with E-state index in [2.05, 4.69) is 0 Å². The van der Waals surface area contributed by atoms with Crippen LogP contribution in [0.5, 0.6) is 0 Å². The van der Waals surface area contributed by atoms with Crippen LogP contribution in [-0.2, 0) is 9.59 Å². The Morgan fingerprint density at radius 1 is 0.739 bits per heavy atom. The molecule has 23 heavy (non-hydrogen) atoms. The van der Waals surface area contributed by atoms with Gasteiger partial charge in [0.1, 0.15) is 0 Å². The van der Waals surface area contributed by atoms with Gasteiger partial charge in [0.25, 0.3) is 0 Å². The lowest BCUT2D eigenvalue weighted by Gasteiger charge is -2.23. The molecule has 2 nitrogen and oxygen atoms in total. The molecule has 0 saturated heterocycles. The molecule has 1 saturated carbocycles. The van der Waals surface area contributed by atoms with Crippen molar-refractivity contribution in [3.8, 4) is 0 Å². The van der Waals surface area contributed by atoms with Crippen LogP contribution in [0, 0.1) is 0 Å². The average Bonchev–Trinajstić information content (AvgIpc) is 2.98. The van der Waals surface area contributed by atoms with Crippen molar-refractivity contribution in [3.63, 3.8) is 0 Å². The molecule has 1 aliphatic heterocycles. The second-order valence-corrected chi connectivity index (χ2v) is 8.04. The fourth-order valence-corrected chi connectivity index (χ4v) is 5.65. The molecule has 2 aromatic rings. The zero-order valence-corrected chi connectivity index (χ0v) is 14.0. The summed E-state index contributed by atoms with van der Waals surface area (Å²) >= 11 is 3.10. The van der Waals surface area contributed by atoms with Crippen molar-refractivity contribution in [2.24, 2.45) is 0 Å². The van der Waals surface area contributed by atoms with Gasteiger partial charge in [-0.3, -0.25) is 9.59 Å². The van der Waals surface area contributed by atoms with Gasteiger partial charge >= 0.3 is 0 Å². The quantitative estimate of drug-likeness (QED) is 0.552.